The van der Waals surface area contributed by atoms with Crippen LogP contribution in [0, 0.1) is 5.82 Å². The molecule has 18 heavy (non-hydrogen) atoms. The van der Waals surface area contributed by atoms with E-state index in [-0.39, 0.29) is 17.9 Å². The third-order valence-electron chi connectivity index (χ3n) is 3.03. The van der Waals surface area contributed by atoms with Crippen molar-refractivity contribution in [2.24, 2.45) is 11.5 Å². The van der Waals surface area contributed by atoms with E-state index in [0.29, 0.717) is 6.42 Å². The van der Waals surface area contributed by atoms with Crippen LogP contribution < -0.4 is 11.5 Å². The van der Waals surface area contributed by atoms with Crippen molar-refractivity contribution in [2.45, 2.75) is 18.5 Å². The second-order valence-corrected chi connectivity index (χ2v) is 4.43. The molecule has 0 aliphatic rings. The summed E-state index contributed by atoms with van der Waals surface area (Å²) in [6, 6.07) is 15.7. The molecule has 0 spiro atoms. The van der Waals surface area contributed by atoms with Gasteiger partial charge in [-0.1, -0.05) is 42.5 Å². The van der Waals surface area contributed by atoms with E-state index in [1.807, 2.05) is 30.3 Å². The first-order chi connectivity index (χ1) is 8.66. The zero-order chi connectivity index (χ0) is 13.0. The number of benzene rings is 2. The molecule has 0 aromatic heterocycles. The van der Waals surface area contributed by atoms with E-state index in [9.17, 15) is 4.39 Å². The van der Waals surface area contributed by atoms with Crippen molar-refractivity contribution in [2.75, 3.05) is 0 Å². The van der Waals surface area contributed by atoms with E-state index in [2.05, 4.69) is 0 Å². The molecule has 2 unspecified atom stereocenters. The Bertz CT molecular complexity index is 482. The van der Waals surface area contributed by atoms with Gasteiger partial charge in [0.25, 0.3) is 0 Å². The van der Waals surface area contributed by atoms with Crippen LogP contribution in [0.1, 0.15) is 17.2 Å². The van der Waals surface area contributed by atoms with Crippen LogP contribution in [0.25, 0.3) is 0 Å². The Morgan fingerprint density at radius 1 is 0.889 bits per heavy atom. The van der Waals surface area contributed by atoms with Gasteiger partial charge in [-0.2, -0.15) is 0 Å². The van der Waals surface area contributed by atoms with Crippen molar-refractivity contribution < 1.29 is 4.39 Å². The second kappa shape index (κ2) is 5.76. The van der Waals surface area contributed by atoms with Crippen LogP contribution >= 0.6 is 0 Å². The van der Waals surface area contributed by atoms with Gasteiger partial charge in [0.2, 0.25) is 0 Å². The fourth-order valence-corrected chi connectivity index (χ4v) is 1.94. The summed E-state index contributed by atoms with van der Waals surface area (Å²) in [5, 5.41) is 0. The van der Waals surface area contributed by atoms with Crippen LogP contribution in [0.3, 0.4) is 0 Å². The summed E-state index contributed by atoms with van der Waals surface area (Å²) in [5.41, 5.74) is 14.2. The van der Waals surface area contributed by atoms with E-state index < -0.39 is 0 Å². The lowest BCUT2D eigenvalue weighted by Gasteiger charge is -2.20. The van der Waals surface area contributed by atoms with E-state index in [0.717, 1.165) is 11.1 Å². The maximum atomic E-state index is 12.8. The fraction of sp³-hybridized carbons (Fsp3) is 0.200. The summed E-state index contributed by atoms with van der Waals surface area (Å²) in [5.74, 6) is -0.236. The monoisotopic (exact) mass is 244 g/mol. The number of halogens is 1. The summed E-state index contributed by atoms with van der Waals surface area (Å²) >= 11 is 0. The average molecular weight is 244 g/mol. The molecule has 0 heterocycles. The van der Waals surface area contributed by atoms with Crippen LogP contribution in [0.2, 0.25) is 0 Å². The number of hydrogen-bond acceptors (Lipinski definition) is 2. The molecule has 0 fully saturated rings. The normalized spacial score (nSPS) is 14.2. The SMILES string of the molecule is NC(Cc1ccc(F)cc1)C(N)c1ccccc1. The molecule has 0 saturated heterocycles. The van der Waals surface area contributed by atoms with Gasteiger partial charge in [0, 0.05) is 12.1 Å². The van der Waals surface area contributed by atoms with Crippen LogP contribution in [0.5, 0.6) is 0 Å². The van der Waals surface area contributed by atoms with Gasteiger partial charge < -0.3 is 11.5 Å². The Hall–Kier alpha value is -1.71. The van der Waals surface area contributed by atoms with Gasteiger partial charge in [-0.05, 0) is 29.7 Å². The summed E-state index contributed by atoms with van der Waals surface area (Å²) in [6.45, 7) is 0. The Morgan fingerprint density at radius 2 is 1.50 bits per heavy atom. The molecule has 4 N–H and O–H groups in total. The van der Waals surface area contributed by atoms with Gasteiger partial charge in [-0.25, -0.2) is 4.39 Å². The van der Waals surface area contributed by atoms with Gasteiger partial charge in [-0.15, -0.1) is 0 Å². The lowest BCUT2D eigenvalue weighted by molar-refractivity contribution is 0.543. The molecule has 2 nitrogen and oxygen atoms in total. The molecule has 0 aliphatic carbocycles. The molecule has 94 valence electrons. The molecule has 2 aromatic rings. The minimum Gasteiger partial charge on any atom is -0.326 e. The number of rotatable bonds is 4. The molecule has 0 saturated carbocycles. The lowest BCUT2D eigenvalue weighted by Crippen LogP contribution is -2.35. The van der Waals surface area contributed by atoms with Crippen LogP contribution in [0.4, 0.5) is 4.39 Å². The van der Waals surface area contributed by atoms with Crippen LogP contribution in [0.15, 0.2) is 54.6 Å². The highest BCUT2D eigenvalue weighted by molar-refractivity contribution is 5.22. The third kappa shape index (κ3) is 3.15. The minimum atomic E-state index is -0.236. The standard InChI is InChI=1S/C15H17FN2/c16-13-8-6-11(7-9-13)10-14(17)15(18)12-4-2-1-3-5-12/h1-9,14-15H,10,17-18H2. The molecule has 0 amide bonds. The zero-order valence-electron chi connectivity index (χ0n) is 10.1. The highest BCUT2D eigenvalue weighted by Gasteiger charge is 2.15. The minimum absolute atomic E-state index is 0.183. The molecule has 0 radical (unpaired) electrons. The average Bonchev–Trinajstić information content (AvgIpc) is 2.41. The first-order valence-electron chi connectivity index (χ1n) is 5.97. The maximum absolute atomic E-state index is 12.8. The molecular weight excluding hydrogens is 227 g/mol. The Balaban J connectivity index is 2.03. The van der Waals surface area contributed by atoms with Gasteiger partial charge >= 0.3 is 0 Å². The predicted molar refractivity (Wildman–Crippen MR) is 71.4 cm³/mol. The number of nitrogens with two attached hydrogens (primary N) is 2. The van der Waals surface area contributed by atoms with Crippen molar-refractivity contribution in [1.29, 1.82) is 0 Å². The number of hydrogen-bond donors (Lipinski definition) is 2. The third-order valence-corrected chi connectivity index (χ3v) is 3.03. The highest BCUT2D eigenvalue weighted by Crippen LogP contribution is 2.16. The van der Waals surface area contributed by atoms with E-state index >= 15 is 0 Å². The summed E-state index contributed by atoms with van der Waals surface area (Å²) < 4.78 is 12.8. The topological polar surface area (TPSA) is 52.0 Å². The van der Waals surface area contributed by atoms with Gasteiger partial charge in [0.05, 0.1) is 0 Å². The predicted octanol–water partition coefficient (Wildman–Crippen LogP) is 2.40. The van der Waals surface area contributed by atoms with Gasteiger partial charge in [0.15, 0.2) is 0 Å². The Kier molecular flexibility index (Phi) is 4.07. The van der Waals surface area contributed by atoms with E-state index in [4.69, 9.17) is 11.5 Å². The Morgan fingerprint density at radius 3 is 2.11 bits per heavy atom. The molecule has 0 aliphatic heterocycles. The van der Waals surface area contributed by atoms with Crippen LogP contribution in [-0.4, -0.2) is 6.04 Å². The van der Waals surface area contributed by atoms with E-state index in [1.54, 1.807) is 12.1 Å². The van der Waals surface area contributed by atoms with Gasteiger partial charge in [0.1, 0.15) is 5.82 Å². The first-order valence-corrected chi connectivity index (χ1v) is 5.97. The van der Waals surface area contributed by atoms with Crippen molar-refractivity contribution in [3.63, 3.8) is 0 Å². The van der Waals surface area contributed by atoms with Crippen LogP contribution in [-0.2, 0) is 6.42 Å². The molecule has 2 rings (SSSR count). The summed E-state index contributed by atoms with van der Waals surface area (Å²) in [4.78, 5) is 0. The highest BCUT2D eigenvalue weighted by atomic mass is 19.1. The molecular formula is C15H17FN2. The fourth-order valence-electron chi connectivity index (χ4n) is 1.94. The van der Waals surface area contributed by atoms with Crippen molar-refractivity contribution >= 4 is 0 Å². The van der Waals surface area contributed by atoms with Crippen molar-refractivity contribution in [3.05, 3.63) is 71.5 Å². The largest absolute Gasteiger partial charge is 0.326 e. The molecule has 3 heteroatoms. The van der Waals surface area contributed by atoms with Crippen molar-refractivity contribution in [1.82, 2.24) is 0 Å². The molecule has 0 bridgehead atoms. The maximum Gasteiger partial charge on any atom is 0.123 e. The van der Waals surface area contributed by atoms with Crippen molar-refractivity contribution in [3.8, 4) is 0 Å². The Labute approximate surface area is 106 Å². The zero-order valence-corrected chi connectivity index (χ0v) is 10.1. The summed E-state index contributed by atoms with van der Waals surface area (Å²) in [7, 11) is 0. The lowest BCUT2D eigenvalue weighted by atomic mass is 9.95. The van der Waals surface area contributed by atoms with E-state index in [1.165, 1.54) is 12.1 Å². The molecule has 2 aromatic carbocycles. The first kappa shape index (κ1) is 12.7. The summed E-state index contributed by atoms with van der Waals surface area (Å²) in [6.07, 6.45) is 0.635. The quantitative estimate of drug-likeness (QED) is 0.867. The van der Waals surface area contributed by atoms with Gasteiger partial charge in [-0.3, -0.25) is 0 Å². The second-order valence-electron chi connectivity index (χ2n) is 4.43. The smallest absolute Gasteiger partial charge is 0.123 e. The molecule has 2 atom stereocenters.